The van der Waals surface area contributed by atoms with Gasteiger partial charge in [0.15, 0.2) is 0 Å². The molecule has 5 N–H and O–H groups in total. The van der Waals surface area contributed by atoms with Crippen molar-refractivity contribution in [3.05, 3.63) is 61.3 Å². The molecule has 134 valence electrons. The number of hydrogen-bond donors (Lipinski definition) is 3. The van der Waals surface area contributed by atoms with Gasteiger partial charge in [-0.1, -0.05) is 36.7 Å². The summed E-state index contributed by atoms with van der Waals surface area (Å²) in [6.07, 6.45) is 0.652. The van der Waals surface area contributed by atoms with Crippen LogP contribution in [0.25, 0.3) is 0 Å². The van der Waals surface area contributed by atoms with E-state index >= 15 is 0 Å². The Morgan fingerprint density at radius 1 is 1.36 bits per heavy atom. The number of carbonyl (C=O) groups is 1. The lowest BCUT2D eigenvalue weighted by molar-refractivity contribution is -0.681. The normalized spacial score (nSPS) is 12.1. The largest absolute Gasteiger partial charge is 0.384 e. The van der Waals surface area contributed by atoms with Crippen molar-refractivity contribution in [3.63, 3.8) is 0 Å². The number of nitrogens with zero attached hydrogens (tertiary/aromatic N) is 1. The Balaban J connectivity index is 2.22. The van der Waals surface area contributed by atoms with Crippen LogP contribution in [0.2, 0.25) is 5.02 Å². The van der Waals surface area contributed by atoms with Crippen LogP contribution in [-0.2, 0) is 6.54 Å². The molecule has 0 spiro atoms. The minimum Gasteiger partial charge on any atom is -0.384 e. The van der Waals surface area contributed by atoms with Crippen LogP contribution in [0.4, 0.5) is 5.82 Å². The zero-order valence-electron chi connectivity index (χ0n) is 14.2. The molecule has 0 bridgehead atoms. The van der Waals surface area contributed by atoms with Gasteiger partial charge >= 0.3 is 5.69 Å². The number of anilines is 1. The Morgan fingerprint density at radius 2 is 2.04 bits per heavy atom. The van der Waals surface area contributed by atoms with Gasteiger partial charge in [-0.2, -0.15) is 0 Å². The molecule has 0 aliphatic rings. The topological polar surface area (TPSA) is 115 Å². The number of nitrogens with two attached hydrogens (primary N) is 2. The van der Waals surface area contributed by atoms with Crippen LogP contribution in [0.5, 0.6) is 0 Å². The fourth-order valence-corrected chi connectivity index (χ4v) is 2.97. The number of carbonyl (C=O) groups excluding carboxylic acids is 1. The number of aromatic amines is 1. The van der Waals surface area contributed by atoms with Gasteiger partial charge in [-0.3, -0.25) is 19.1 Å². The molecule has 1 aromatic heterocycles. The van der Waals surface area contributed by atoms with E-state index in [4.69, 9.17) is 17.3 Å². The predicted molar refractivity (Wildman–Crippen MR) is 97.0 cm³/mol. The van der Waals surface area contributed by atoms with Crippen LogP contribution in [0.1, 0.15) is 42.2 Å². The number of benzene rings is 1. The first-order chi connectivity index (χ1) is 11.9. The Labute approximate surface area is 149 Å². The highest BCUT2D eigenvalue weighted by Crippen LogP contribution is 2.19. The van der Waals surface area contributed by atoms with Crippen molar-refractivity contribution in [2.75, 3.05) is 12.3 Å². The minimum atomic E-state index is -0.751. The van der Waals surface area contributed by atoms with Gasteiger partial charge in [0, 0.05) is 17.1 Å². The second-order valence-corrected chi connectivity index (χ2v) is 6.25. The number of Topliss-reactive ketones (excluding diaryl/α,β-unsaturated/α-hetero) is 1. The van der Waals surface area contributed by atoms with E-state index in [0.29, 0.717) is 18.0 Å². The van der Waals surface area contributed by atoms with Crippen molar-refractivity contribution in [2.24, 2.45) is 0 Å². The van der Waals surface area contributed by atoms with Crippen molar-refractivity contribution in [1.82, 2.24) is 9.55 Å². The van der Waals surface area contributed by atoms with Crippen molar-refractivity contribution in [1.29, 1.82) is 0 Å². The molecule has 0 saturated heterocycles. The lowest BCUT2D eigenvalue weighted by Gasteiger charge is -2.13. The van der Waals surface area contributed by atoms with Crippen LogP contribution < -0.4 is 22.3 Å². The standard InChI is InChI=1S/C17H21ClN4O3/c1-3-8-22-15(19)14(16(24)21-17(22)25)13(23)9-20-10(2)11-6-4-5-7-12(11)18/h4-7,10,20H,3,8-9,19H2,1-2H3,(H,21,24,25)/p+1/t10-/m1/s1. The summed E-state index contributed by atoms with van der Waals surface area (Å²) in [6, 6.07) is 7.31. The van der Waals surface area contributed by atoms with Crippen molar-refractivity contribution >= 4 is 23.2 Å². The Hall–Kier alpha value is -2.38. The van der Waals surface area contributed by atoms with Gasteiger partial charge in [-0.05, 0) is 19.4 Å². The van der Waals surface area contributed by atoms with E-state index in [1.807, 2.05) is 32.0 Å². The zero-order valence-corrected chi connectivity index (χ0v) is 15.0. The lowest BCUT2D eigenvalue weighted by Crippen LogP contribution is -2.86. The summed E-state index contributed by atoms with van der Waals surface area (Å²) in [4.78, 5) is 38.5. The average molecular weight is 366 g/mol. The van der Waals surface area contributed by atoms with Crippen molar-refractivity contribution < 1.29 is 10.1 Å². The number of nitrogen functional groups attached to an aromatic ring is 1. The number of aromatic nitrogens is 2. The number of rotatable bonds is 7. The molecule has 7 nitrogen and oxygen atoms in total. The number of ketones is 1. The van der Waals surface area contributed by atoms with Gasteiger partial charge in [0.1, 0.15) is 24.0 Å². The maximum absolute atomic E-state index is 12.5. The molecule has 25 heavy (non-hydrogen) atoms. The molecule has 2 aromatic rings. The molecule has 1 aromatic carbocycles. The second kappa shape index (κ2) is 8.13. The number of quaternary nitrogens is 1. The SMILES string of the molecule is CCCn1c(N)c(C(=O)C[NH2+][C@H](C)c2ccccc2Cl)c(=O)[nH]c1=O. The lowest BCUT2D eigenvalue weighted by atomic mass is 10.1. The fourth-order valence-electron chi connectivity index (χ4n) is 2.66. The average Bonchev–Trinajstić information content (AvgIpc) is 2.56. The highest BCUT2D eigenvalue weighted by atomic mass is 35.5. The van der Waals surface area contributed by atoms with Gasteiger partial charge in [0.25, 0.3) is 5.56 Å². The van der Waals surface area contributed by atoms with Gasteiger partial charge < -0.3 is 11.1 Å². The summed E-state index contributed by atoms with van der Waals surface area (Å²) < 4.78 is 1.21. The first-order valence-corrected chi connectivity index (χ1v) is 8.48. The maximum Gasteiger partial charge on any atom is 0.329 e. The van der Waals surface area contributed by atoms with Crippen LogP contribution >= 0.6 is 11.6 Å². The maximum atomic E-state index is 12.5. The second-order valence-electron chi connectivity index (χ2n) is 5.84. The van der Waals surface area contributed by atoms with Gasteiger partial charge in [0.2, 0.25) is 5.78 Å². The number of hydrogen-bond acceptors (Lipinski definition) is 4. The quantitative estimate of drug-likeness (QED) is 0.626. The Morgan fingerprint density at radius 3 is 2.68 bits per heavy atom. The van der Waals surface area contributed by atoms with Crippen molar-refractivity contribution in [3.8, 4) is 0 Å². The summed E-state index contributed by atoms with van der Waals surface area (Å²) in [5.41, 5.74) is 5.27. The zero-order chi connectivity index (χ0) is 18.6. The molecule has 0 amide bonds. The molecule has 0 radical (unpaired) electrons. The third kappa shape index (κ3) is 4.18. The smallest absolute Gasteiger partial charge is 0.329 e. The monoisotopic (exact) mass is 365 g/mol. The first-order valence-electron chi connectivity index (χ1n) is 8.10. The number of nitrogens with one attached hydrogen (secondary N) is 1. The van der Waals surface area contributed by atoms with E-state index in [9.17, 15) is 14.4 Å². The molecule has 0 aliphatic carbocycles. The third-order valence-corrected chi connectivity index (χ3v) is 4.36. The summed E-state index contributed by atoms with van der Waals surface area (Å²) in [5, 5.41) is 2.39. The van der Waals surface area contributed by atoms with Gasteiger partial charge in [0.05, 0.1) is 0 Å². The molecular formula is C17H22ClN4O3+. The highest BCUT2D eigenvalue weighted by Gasteiger charge is 2.22. The molecular weight excluding hydrogens is 344 g/mol. The first kappa shape index (κ1) is 19.0. The molecule has 0 aliphatic heterocycles. The van der Waals surface area contributed by atoms with E-state index in [0.717, 1.165) is 5.56 Å². The van der Waals surface area contributed by atoms with Crippen LogP contribution in [-0.4, -0.2) is 21.9 Å². The van der Waals surface area contributed by atoms with E-state index in [1.54, 1.807) is 11.4 Å². The third-order valence-electron chi connectivity index (χ3n) is 4.02. The molecule has 2 rings (SSSR count). The van der Waals surface area contributed by atoms with Gasteiger partial charge in [-0.25, -0.2) is 4.79 Å². The summed E-state index contributed by atoms with van der Waals surface area (Å²) in [6.45, 7) is 4.14. The van der Waals surface area contributed by atoms with Crippen LogP contribution in [0.15, 0.2) is 33.9 Å². The predicted octanol–water partition coefficient (Wildman–Crippen LogP) is 0.690. The summed E-state index contributed by atoms with van der Waals surface area (Å²) >= 11 is 6.16. The van der Waals surface area contributed by atoms with Gasteiger partial charge in [-0.15, -0.1) is 0 Å². The molecule has 1 heterocycles. The molecule has 0 saturated carbocycles. The van der Waals surface area contributed by atoms with Crippen LogP contribution in [0, 0.1) is 0 Å². The fraction of sp³-hybridized carbons (Fsp3) is 0.353. The van der Waals surface area contributed by atoms with Crippen LogP contribution in [0.3, 0.4) is 0 Å². The van der Waals surface area contributed by atoms with E-state index in [1.165, 1.54) is 4.57 Å². The summed E-state index contributed by atoms with van der Waals surface area (Å²) in [7, 11) is 0. The molecule has 0 fully saturated rings. The van der Waals surface area contributed by atoms with E-state index in [2.05, 4.69) is 4.98 Å². The minimum absolute atomic E-state index is 0.0179. The van der Waals surface area contributed by atoms with E-state index in [-0.39, 0.29) is 24.0 Å². The Bertz CT molecular complexity index is 888. The summed E-state index contributed by atoms with van der Waals surface area (Å²) in [5.74, 6) is -0.512. The molecule has 1 atom stereocenters. The van der Waals surface area contributed by atoms with E-state index < -0.39 is 17.0 Å². The highest BCUT2D eigenvalue weighted by molar-refractivity contribution is 6.31. The molecule has 0 unspecified atom stereocenters. The molecule has 8 heteroatoms. The number of halogens is 1. The number of H-pyrrole nitrogens is 1. The van der Waals surface area contributed by atoms with Crippen molar-refractivity contribution in [2.45, 2.75) is 32.9 Å². The Kier molecular flexibility index (Phi) is 6.17.